The van der Waals surface area contributed by atoms with Crippen molar-refractivity contribution < 1.29 is 8.42 Å². The van der Waals surface area contributed by atoms with Crippen molar-refractivity contribution in [3.05, 3.63) is 23.8 Å². The van der Waals surface area contributed by atoms with E-state index in [1.54, 1.807) is 12.1 Å². The molecule has 15 heavy (non-hydrogen) atoms. The maximum atomic E-state index is 11.5. The molecule has 0 bridgehead atoms. The number of hydrogen-bond acceptors (Lipinski definition) is 3. The molecular weight excluding hydrogens is 212 g/mol. The van der Waals surface area contributed by atoms with E-state index >= 15 is 0 Å². The van der Waals surface area contributed by atoms with Gasteiger partial charge in [-0.15, -0.1) is 0 Å². The van der Waals surface area contributed by atoms with Gasteiger partial charge in [0.15, 0.2) is 0 Å². The molecular formula is C10H16N2O2S. The highest BCUT2D eigenvalue weighted by Gasteiger charge is 2.10. The van der Waals surface area contributed by atoms with Gasteiger partial charge in [-0.25, -0.2) is 8.42 Å². The lowest BCUT2D eigenvalue weighted by Crippen LogP contribution is -2.17. The summed E-state index contributed by atoms with van der Waals surface area (Å²) in [6, 6.07) is 5.24. The molecule has 0 heterocycles. The van der Waals surface area contributed by atoms with Crippen LogP contribution in [0.5, 0.6) is 0 Å². The summed E-state index contributed by atoms with van der Waals surface area (Å²) in [4.78, 5) is 0. The summed E-state index contributed by atoms with van der Waals surface area (Å²) in [7, 11) is -3.25. The Labute approximate surface area is 90.5 Å². The van der Waals surface area contributed by atoms with Crippen LogP contribution < -0.4 is 10.5 Å². The van der Waals surface area contributed by atoms with Gasteiger partial charge >= 0.3 is 0 Å². The van der Waals surface area contributed by atoms with Crippen LogP contribution in [0.3, 0.4) is 0 Å². The van der Waals surface area contributed by atoms with Crippen LogP contribution in [0.25, 0.3) is 0 Å². The molecule has 4 nitrogen and oxygen atoms in total. The minimum Gasteiger partial charge on any atom is -0.397 e. The zero-order chi connectivity index (χ0) is 11.5. The number of nitrogen functional groups attached to an aromatic ring is 1. The first-order valence-corrected chi connectivity index (χ1v) is 6.46. The molecule has 0 aliphatic carbocycles. The molecule has 0 saturated carbocycles. The Hall–Kier alpha value is -1.23. The van der Waals surface area contributed by atoms with E-state index in [0.29, 0.717) is 17.8 Å². The zero-order valence-corrected chi connectivity index (χ0v) is 9.76. The molecule has 0 radical (unpaired) electrons. The number of hydrogen-bond donors (Lipinski definition) is 2. The van der Waals surface area contributed by atoms with E-state index < -0.39 is 10.0 Å². The molecule has 0 atom stereocenters. The van der Waals surface area contributed by atoms with Gasteiger partial charge in [0, 0.05) is 0 Å². The lowest BCUT2D eigenvalue weighted by atomic mass is 10.2. The first kappa shape index (κ1) is 11.8. The van der Waals surface area contributed by atoms with Crippen LogP contribution in [0.1, 0.15) is 18.9 Å². The van der Waals surface area contributed by atoms with E-state index in [4.69, 9.17) is 5.73 Å². The summed E-state index contributed by atoms with van der Waals surface area (Å²) in [5.41, 5.74) is 7.61. The zero-order valence-electron chi connectivity index (χ0n) is 8.95. The van der Waals surface area contributed by atoms with E-state index in [1.165, 1.54) is 0 Å². The lowest BCUT2D eigenvalue weighted by molar-refractivity contribution is 0.600. The molecule has 0 saturated heterocycles. The van der Waals surface area contributed by atoms with Gasteiger partial charge in [-0.05, 0) is 31.0 Å². The largest absolute Gasteiger partial charge is 0.397 e. The average molecular weight is 228 g/mol. The molecule has 0 fully saturated rings. The van der Waals surface area contributed by atoms with Crippen molar-refractivity contribution in [3.63, 3.8) is 0 Å². The normalized spacial score (nSPS) is 11.3. The van der Waals surface area contributed by atoms with Crippen molar-refractivity contribution in [1.82, 2.24) is 0 Å². The summed E-state index contributed by atoms with van der Waals surface area (Å²) >= 11 is 0. The monoisotopic (exact) mass is 228 g/mol. The Morgan fingerprint density at radius 3 is 2.60 bits per heavy atom. The minimum absolute atomic E-state index is 0.111. The Balaban J connectivity index is 2.90. The van der Waals surface area contributed by atoms with Gasteiger partial charge in [0.2, 0.25) is 10.0 Å². The van der Waals surface area contributed by atoms with E-state index in [0.717, 1.165) is 5.56 Å². The number of nitrogens with two attached hydrogens (primary N) is 1. The number of aryl methyl sites for hydroxylation is 1. The average Bonchev–Trinajstić information content (AvgIpc) is 2.09. The molecule has 0 spiro atoms. The Morgan fingerprint density at radius 1 is 1.40 bits per heavy atom. The van der Waals surface area contributed by atoms with Crippen LogP contribution in [0.15, 0.2) is 18.2 Å². The van der Waals surface area contributed by atoms with Gasteiger partial charge in [-0.3, -0.25) is 4.72 Å². The van der Waals surface area contributed by atoms with Crippen molar-refractivity contribution in [2.45, 2.75) is 20.3 Å². The number of benzene rings is 1. The molecule has 0 unspecified atom stereocenters. The fourth-order valence-corrected chi connectivity index (χ4v) is 2.42. The highest BCUT2D eigenvalue weighted by molar-refractivity contribution is 7.92. The minimum atomic E-state index is -3.25. The number of nitrogens with one attached hydrogen (secondary N) is 1. The summed E-state index contributed by atoms with van der Waals surface area (Å²) < 4.78 is 25.4. The topological polar surface area (TPSA) is 72.2 Å². The Kier molecular flexibility index (Phi) is 3.57. The van der Waals surface area contributed by atoms with Crippen LogP contribution in [-0.2, 0) is 10.0 Å². The molecule has 0 aliphatic heterocycles. The first-order chi connectivity index (χ1) is 6.94. The Bertz CT molecular complexity index is 441. The van der Waals surface area contributed by atoms with Gasteiger partial charge in [0.1, 0.15) is 0 Å². The number of anilines is 2. The van der Waals surface area contributed by atoms with Crippen molar-refractivity contribution in [2.75, 3.05) is 16.2 Å². The molecule has 0 amide bonds. The number of sulfonamides is 1. The highest BCUT2D eigenvalue weighted by Crippen LogP contribution is 2.20. The summed E-state index contributed by atoms with van der Waals surface area (Å²) in [6.45, 7) is 3.72. The van der Waals surface area contributed by atoms with Gasteiger partial charge in [0.05, 0.1) is 17.1 Å². The molecule has 1 rings (SSSR count). The maximum Gasteiger partial charge on any atom is 0.232 e. The van der Waals surface area contributed by atoms with Gasteiger partial charge < -0.3 is 5.73 Å². The summed E-state index contributed by atoms with van der Waals surface area (Å²) in [5.74, 6) is 0.111. The fourth-order valence-electron chi connectivity index (χ4n) is 1.26. The highest BCUT2D eigenvalue weighted by atomic mass is 32.2. The molecule has 0 aromatic heterocycles. The van der Waals surface area contributed by atoms with Crippen LogP contribution in [0.2, 0.25) is 0 Å². The third kappa shape index (κ3) is 3.43. The van der Waals surface area contributed by atoms with Crippen molar-refractivity contribution in [1.29, 1.82) is 0 Å². The summed E-state index contributed by atoms with van der Waals surface area (Å²) in [5, 5.41) is 0. The SMILES string of the molecule is CCCS(=O)(=O)Nc1ccc(C)cc1N. The van der Waals surface area contributed by atoms with Gasteiger partial charge in [-0.2, -0.15) is 0 Å². The maximum absolute atomic E-state index is 11.5. The van der Waals surface area contributed by atoms with E-state index in [9.17, 15) is 8.42 Å². The molecule has 5 heteroatoms. The van der Waals surface area contributed by atoms with E-state index in [2.05, 4.69) is 4.72 Å². The second-order valence-electron chi connectivity index (χ2n) is 3.51. The first-order valence-electron chi connectivity index (χ1n) is 4.81. The quantitative estimate of drug-likeness (QED) is 0.771. The molecule has 1 aromatic carbocycles. The predicted molar refractivity (Wildman–Crippen MR) is 63.3 cm³/mol. The second kappa shape index (κ2) is 4.53. The van der Waals surface area contributed by atoms with Crippen LogP contribution in [-0.4, -0.2) is 14.2 Å². The third-order valence-electron chi connectivity index (χ3n) is 1.95. The molecule has 1 aromatic rings. The fraction of sp³-hybridized carbons (Fsp3) is 0.400. The summed E-state index contributed by atoms with van der Waals surface area (Å²) in [6.07, 6.45) is 0.584. The van der Waals surface area contributed by atoms with Crippen molar-refractivity contribution >= 4 is 21.4 Å². The Morgan fingerprint density at radius 2 is 2.07 bits per heavy atom. The predicted octanol–water partition coefficient (Wildman–Crippen LogP) is 1.73. The lowest BCUT2D eigenvalue weighted by Gasteiger charge is -2.09. The molecule has 0 aliphatic rings. The van der Waals surface area contributed by atoms with Gasteiger partial charge in [-0.1, -0.05) is 13.0 Å². The molecule has 84 valence electrons. The van der Waals surface area contributed by atoms with Crippen LogP contribution >= 0.6 is 0 Å². The van der Waals surface area contributed by atoms with E-state index in [1.807, 2.05) is 19.9 Å². The third-order valence-corrected chi connectivity index (χ3v) is 3.42. The standard InChI is InChI=1S/C10H16N2O2S/c1-3-6-15(13,14)12-10-5-4-8(2)7-9(10)11/h4-5,7,12H,3,6,11H2,1-2H3. The van der Waals surface area contributed by atoms with Crippen molar-refractivity contribution in [3.8, 4) is 0 Å². The van der Waals surface area contributed by atoms with Gasteiger partial charge in [0.25, 0.3) is 0 Å². The van der Waals surface area contributed by atoms with Crippen LogP contribution in [0.4, 0.5) is 11.4 Å². The van der Waals surface area contributed by atoms with Crippen LogP contribution in [0, 0.1) is 6.92 Å². The number of rotatable bonds is 4. The van der Waals surface area contributed by atoms with E-state index in [-0.39, 0.29) is 5.75 Å². The molecule has 3 N–H and O–H groups in total. The smallest absolute Gasteiger partial charge is 0.232 e. The van der Waals surface area contributed by atoms with Crippen molar-refractivity contribution in [2.24, 2.45) is 0 Å². The second-order valence-corrected chi connectivity index (χ2v) is 5.35.